The van der Waals surface area contributed by atoms with Crippen molar-refractivity contribution in [3.05, 3.63) is 0 Å². The minimum absolute atomic E-state index is 0.0430. The van der Waals surface area contributed by atoms with Crippen molar-refractivity contribution in [2.45, 2.75) is 64.5 Å². The predicted molar refractivity (Wildman–Crippen MR) is 60.4 cm³/mol. The molecule has 2 N–H and O–H groups in total. The first-order chi connectivity index (χ1) is 7.11. The highest BCUT2D eigenvalue weighted by molar-refractivity contribution is 5.70. The van der Waals surface area contributed by atoms with E-state index in [1.54, 1.807) is 0 Å². The maximum Gasteiger partial charge on any atom is 0.307 e. The largest absolute Gasteiger partial charge is 0.462 e. The van der Waals surface area contributed by atoms with Gasteiger partial charge in [-0.2, -0.15) is 0 Å². The maximum atomic E-state index is 11.5. The molecule has 0 bridgehead atoms. The number of carbonyl (C=O) groups excluding carboxylic acids is 1. The van der Waals surface area contributed by atoms with Gasteiger partial charge >= 0.3 is 5.97 Å². The van der Waals surface area contributed by atoms with Crippen LogP contribution in [-0.2, 0) is 9.53 Å². The molecule has 0 radical (unpaired) electrons. The number of hydrogen-bond donors (Lipinski definition) is 1. The van der Waals surface area contributed by atoms with Crippen molar-refractivity contribution in [2.75, 3.05) is 0 Å². The van der Waals surface area contributed by atoms with E-state index in [1.165, 1.54) is 12.8 Å². The van der Waals surface area contributed by atoms with E-state index in [0.29, 0.717) is 12.3 Å². The molecule has 0 aromatic heterocycles. The first kappa shape index (κ1) is 12.5. The third-order valence-corrected chi connectivity index (χ3v) is 3.14. The zero-order chi connectivity index (χ0) is 11.3. The van der Waals surface area contributed by atoms with Crippen LogP contribution in [-0.4, -0.2) is 18.1 Å². The van der Waals surface area contributed by atoms with Crippen LogP contribution in [0.4, 0.5) is 0 Å². The van der Waals surface area contributed by atoms with Crippen LogP contribution in [0.3, 0.4) is 0 Å². The summed E-state index contributed by atoms with van der Waals surface area (Å²) < 4.78 is 5.42. The standard InChI is InChI=1S/C12H23NO2/c1-3-10(13)8-12(14)15-11-6-4-5-9(2)7-11/h9-11H,3-8,13H2,1-2H3. The topological polar surface area (TPSA) is 52.3 Å². The fourth-order valence-corrected chi connectivity index (χ4v) is 2.08. The Hall–Kier alpha value is -0.570. The van der Waals surface area contributed by atoms with Crippen molar-refractivity contribution in [2.24, 2.45) is 11.7 Å². The van der Waals surface area contributed by atoms with Gasteiger partial charge in [-0.05, 0) is 31.6 Å². The first-order valence-electron chi connectivity index (χ1n) is 6.06. The summed E-state index contributed by atoms with van der Waals surface area (Å²) in [6.07, 6.45) is 5.83. The maximum absolute atomic E-state index is 11.5. The minimum atomic E-state index is -0.122. The molecule has 88 valence electrons. The summed E-state index contributed by atoms with van der Waals surface area (Å²) in [6.45, 7) is 4.21. The van der Waals surface area contributed by atoms with E-state index < -0.39 is 0 Å². The van der Waals surface area contributed by atoms with Gasteiger partial charge in [0.1, 0.15) is 6.10 Å². The molecular weight excluding hydrogens is 190 g/mol. The molecule has 1 fully saturated rings. The number of rotatable bonds is 4. The van der Waals surface area contributed by atoms with Gasteiger partial charge in [-0.3, -0.25) is 4.79 Å². The Morgan fingerprint density at radius 3 is 2.87 bits per heavy atom. The van der Waals surface area contributed by atoms with Crippen molar-refractivity contribution in [1.29, 1.82) is 0 Å². The number of nitrogens with two attached hydrogens (primary N) is 1. The highest BCUT2D eigenvalue weighted by Gasteiger charge is 2.22. The lowest BCUT2D eigenvalue weighted by Gasteiger charge is -2.26. The Kier molecular flexibility index (Phi) is 5.09. The van der Waals surface area contributed by atoms with E-state index in [9.17, 15) is 4.79 Å². The summed E-state index contributed by atoms with van der Waals surface area (Å²) in [5.41, 5.74) is 5.71. The minimum Gasteiger partial charge on any atom is -0.462 e. The van der Waals surface area contributed by atoms with Crippen LogP contribution in [0.1, 0.15) is 52.4 Å². The van der Waals surface area contributed by atoms with Crippen molar-refractivity contribution < 1.29 is 9.53 Å². The molecule has 0 aromatic carbocycles. The van der Waals surface area contributed by atoms with E-state index in [4.69, 9.17) is 10.5 Å². The van der Waals surface area contributed by atoms with Gasteiger partial charge < -0.3 is 10.5 Å². The molecule has 1 aliphatic carbocycles. The summed E-state index contributed by atoms with van der Waals surface area (Å²) in [4.78, 5) is 11.5. The summed E-state index contributed by atoms with van der Waals surface area (Å²) in [6, 6.07) is -0.0430. The fraction of sp³-hybridized carbons (Fsp3) is 0.917. The lowest BCUT2D eigenvalue weighted by Crippen LogP contribution is -2.29. The van der Waals surface area contributed by atoms with Crippen LogP contribution in [0, 0.1) is 5.92 Å². The Bertz CT molecular complexity index is 206. The van der Waals surface area contributed by atoms with E-state index >= 15 is 0 Å². The summed E-state index contributed by atoms with van der Waals surface area (Å²) in [7, 11) is 0. The molecule has 1 rings (SSSR count). The van der Waals surface area contributed by atoms with Crippen LogP contribution in [0.5, 0.6) is 0 Å². The Morgan fingerprint density at radius 1 is 1.53 bits per heavy atom. The Balaban J connectivity index is 2.24. The van der Waals surface area contributed by atoms with Gasteiger partial charge in [-0.15, -0.1) is 0 Å². The molecule has 0 amide bonds. The van der Waals surface area contributed by atoms with E-state index in [2.05, 4.69) is 6.92 Å². The van der Waals surface area contributed by atoms with Crippen LogP contribution < -0.4 is 5.73 Å². The van der Waals surface area contributed by atoms with Crippen LogP contribution in [0.15, 0.2) is 0 Å². The van der Waals surface area contributed by atoms with Crippen molar-refractivity contribution in [3.63, 3.8) is 0 Å². The number of ether oxygens (including phenoxy) is 1. The molecule has 3 atom stereocenters. The molecule has 1 saturated carbocycles. The number of esters is 1. The second-order valence-electron chi connectivity index (χ2n) is 4.76. The predicted octanol–water partition coefficient (Wildman–Crippen LogP) is 2.24. The Labute approximate surface area is 92.4 Å². The molecule has 3 nitrogen and oxygen atoms in total. The van der Waals surface area contributed by atoms with E-state index in [0.717, 1.165) is 19.3 Å². The average Bonchev–Trinajstić information content (AvgIpc) is 2.17. The monoisotopic (exact) mass is 213 g/mol. The van der Waals surface area contributed by atoms with Gasteiger partial charge in [0.15, 0.2) is 0 Å². The third-order valence-electron chi connectivity index (χ3n) is 3.14. The molecule has 15 heavy (non-hydrogen) atoms. The molecule has 3 heteroatoms. The molecule has 0 saturated heterocycles. The van der Waals surface area contributed by atoms with Crippen LogP contribution in [0.25, 0.3) is 0 Å². The number of carbonyl (C=O) groups is 1. The lowest BCUT2D eigenvalue weighted by atomic mass is 9.89. The normalized spacial score (nSPS) is 28.5. The molecule has 0 heterocycles. The zero-order valence-corrected chi connectivity index (χ0v) is 9.87. The second-order valence-corrected chi connectivity index (χ2v) is 4.76. The van der Waals surface area contributed by atoms with Gasteiger partial charge in [-0.25, -0.2) is 0 Å². The van der Waals surface area contributed by atoms with Crippen LogP contribution in [0.2, 0.25) is 0 Å². The second kappa shape index (κ2) is 6.11. The summed E-state index contributed by atoms with van der Waals surface area (Å²) in [5, 5.41) is 0. The number of hydrogen-bond acceptors (Lipinski definition) is 3. The highest BCUT2D eigenvalue weighted by Crippen LogP contribution is 2.25. The molecular formula is C12H23NO2. The van der Waals surface area contributed by atoms with E-state index in [-0.39, 0.29) is 18.1 Å². The van der Waals surface area contributed by atoms with E-state index in [1.807, 2.05) is 6.92 Å². The zero-order valence-electron chi connectivity index (χ0n) is 9.87. The summed E-state index contributed by atoms with van der Waals surface area (Å²) >= 11 is 0. The molecule has 1 aliphatic rings. The lowest BCUT2D eigenvalue weighted by molar-refractivity contribution is -0.151. The van der Waals surface area contributed by atoms with Crippen molar-refractivity contribution >= 4 is 5.97 Å². The third kappa shape index (κ3) is 4.65. The smallest absolute Gasteiger partial charge is 0.307 e. The molecule has 0 spiro atoms. The van der Waals surface area contributed by atoms with Gasteiger partial charge in [0, 0.05) is 6.04 Å². The SMILES string of the molecule is CCC(N)CC(=O)OC1CCCC(C)C1. The summed E-state index contributed by atoms with van der Waals surface area (Å²) in [5.74, 6) is 0.569. The van der Waals surface area contributed by atoms with Gasteiger partial charge in [0.05, 0.1) is 6.42 Å². The van der Waals surface area contributed by atoms with Crippen molar-refractivity contribution in [3.8, 4) is 0 Å². The molecule has 3 unspecified atom stereocenters. The Morgan fingerprint density at radius 2 is 2.27 bits per heavy atom. The van der Waals surface area contributed by atoms with Crippen molar-refractivity contribution in [1.82, 2.24) is 0 Å². The molecule has 0 aliphatic heterocycles. The fourth-order valence-electron chi connectivity index (χ4n) is 2.08. The highest BCUT2D eigenvalue weighted by atomic mass is 16.5. The molecule has 0 aromatic rings. The van der Waals surface area contributed by atoms with Crippen LogP contribution >= 0.6 is 0 Å². The van der Waals surface area contributed by atoms with Gasteiger partial charge in [-0.1, -0.05) is 20.3 Å². The average molecular weight is 213 g/mol. The van der Waals surface area contributed by atoms with Gasteiger partial charge in [0.25, 0.3) is 0 Å². The quantitative estimate of drug-likeness (QED) is 0.729. The van der Waals surface area contributed by atoms with Gasteiger partial charge in [0.2, 0.25) is 0 Å². The first-order valence-corrected chi connectivity index (χ1v) is 6.06.